The van der Waals surface area contributed by atoms with Gasteiger partial charge in [0, 0.05) is 24.8 Å². The molecule has 3 aromatic rings. The molecule has 2 aromatic carbocycles. The number of hydrogen-bond acceptors (Lipinski definition) is 4. The first kappa shape index (κ1) is 22.3. The average molecular weight is 452 g/mol. The molecule has 1 atom stereocenters. The summed E-state index contributed by atoms with van der Waals surface area (Å²) in [7, 11) is -1.18. The monoisotopic (exact) mass is 451 g/mol. The van der Waals surface area contributed by atoms with E-state index in [2.05, 4.69) is 5.10 Å². The van der Waals surface area contributed by atoms with E-state index in [1.807, 2.05) is 86.2 Å². The van der Waals surface area contributed by atoms with E-state index in [1.165, 1.54) is 0 Å². The fraction of sp³-hybridized carbons (Fsp3) is 0.360. The first-order chi connectivity index (χ1) is 15.3. The van der Waals surface area contributed by atoms with Crippen LogP contribution in [0.3, 0.4) is 0 Å². The molecule has 1 fully saturated rings. The second kappa shape index (κ2) is 8.90. The quantitative estimate of drug-likeness (QED) is 0.574. The molecule has 2 heterocycles. The molecule has 1 aromatic heterocycles. The van der Waals surface area contributed by atoms with Gasteiger partial charge in [-0.1, -0.05) is 60.7 Å². The van der Waals surface area contributed by atoms with Gasteiger partial charge in [-0.25, -0.2) is 8.42 Å². The molecule has 4 rings (SSSR count). The lowest BCUT2D eigenvalue weighted by Crippen LogP contribution is -2.32. The van der Waals surface area contributed by atoms with Crippen LogP contribution in [0.15, 0.2) is 60.7 Å². The number of amides is 1. The van der Waals surface area contributed by atoms with Crippen molar-refractivity contribution in [2.45, 2.75) is 38.8 Å². The van der Waals surface area contributed by atoms with Crippen LogP contribution in [0.1, 0.15) is 46.5 Å². The summed E-state index contributed by atoms with van der Waals surface area (Å²) < 4.78 is 25.7. The Morgan fingerprint density at radius 2 is 1.62 bits per heavy atom. The van der Waals surface area contributed by atoms with Crippen molar-refractivity contribution in [1.29, 1.82) is 0 Å². The fourth-order valence-corrected chi connectivity index (χ4v) is 6.25. The summed E-state index contributed by atoms with van der Waals surface area (Å²) in [6.07, 6.45) is 0.586. The number of carbonyl (C=O) groups excluding carboxylic acids is 1. The molecule has 7 heteroatoms. The first-order valence-corrected chi connectivity index (χ1v) is 12.7. The second-order valence-electron chi connectivity index (χ2n) is 8.60. The summed E-state index contributed by atoms with van der Waals surface area (Å²) in [4.78, 5) is 15.4. The predicted molar refractivity (Wildman–Crippen MR) is 125 cm³/mol. The largest absolute Gasteiger partial charge is 0.340 e. The molecular weight excluding hydrogens is 422 g/mol. The highest BCUT2D eigenvalue weighted by atomic mass is 32.2. The van der Waals surface area contributed by atoms with Crippen LogP contribution in [-0.2, 0) is 21.2 Å². The topological polar surface area (TPSA) is 72.3 Å². The van der Waals surface area contributed by atoms with E-state index in [0.29, 0.717) is 13.0 Å². The summed E-state index contributed by atoms with van der Waals surface area (Å²) in [6.45, 7) is 4.31. The molecule has 1 saturated heterocycles. The molecule has 0 saturated carbocycles. The molecule has 32 heavy (non-hydrogen) atoms. The third-order valence-corrected chi connectivity index (χ3v) is 8.06. The summed E-state index contributed by atoms with van der Waals surface area (Å²) in [6, 6.07) is 19.5. The molecule has 1 aliphatic rings. The third-order valence-electron chi connectivity index (χ3n) is 6.31. The standard InChI is InChI=1S/C25H29N3O3S/c1-18-23(19(2)28(26-18)22-14-15-32(30,31)17-22)16-27(3)25(29)24(20-10-6-4-7-11-20)21-12-8-5-9-13-21/h4-13,22,24H,14-17H2,1-3H3. The molecule has 0 N–H and O–H groups in total. The van der Waals surface area contributed by atoms with Crippen molar-refractivity contribution in [3.8, 4) is 0 Å². The molecule has 6 nitrogen and oxygen atoms in total. The van der Waals surface area contributed by atoms with Crippen LogP contribution in [0.25, 0.3) is 0 Å². The Bertz CT molecular complexity index is 1160. The van der Waals surface area contributed by atoms with Gasteiger partial charge in [-0.05, 0) is 31.4 Å². The van der Waals surface area contributed by atoms with Crippen LogP contribution < -0.4 is 0 Å². The molecule has 1 unspecified atom stereocenters. The van der Waals surface area contributed by atoms with Crippen LogP contribution in [-0.4, -0.2) is 47.6 Å². The third kappa shape index (κ3) is 4.48. The van der Waals surface area contributed by atoms with Crippen molar-refractivity contribution < 1.29 is 13.2 Å². The van der Waals surface area contributed by atoms with Gasteiger partial charge in [-0.15, -0.1) is 0 Å². The van der Waals surface area contributed by atoms with Crippen LogP contribution in [0.5, 0.6) is 0 Å². The van der Waals surface area contributed by atoms with Gasteiger partial charge in [0.05, 0.1) is 29.2 Å². The molecular formula is C25H29N3O3S. The zero-order chi connectivity index (χ0) is 22.9. The van der Waals surface area contributed by atoms with E-state index in [1.54, 1.807) is 4.90 Å². The lowest BCUT2D eigenvalue weighted by Gasteiger charge is -2.25. The highest BCUT2D eigenvalue weighted by Crippen LogP contribution is 2.30. The molecule has 1 amide bonds. The van der Waals surface area contributed by atoms with Gasteiger partial charge in [-0.2, -0.15) is 5.10 Å². The molecule has 168 valence electrons. The maximum Gasteiger partial charge on any atom is 0.234 e. The van der Waals surface area contributed by atoms with Crippen molar-refractivity contribution in [2.75, 3.05) is 18.6 Å². The van der Waals surface area contributed by atoms with E-state index < -0.39 is 15.8 Å². The molecule has 0 aliphatic carbocycles. The number of carbonyl (C=O) groups is 1. The number of nitrogens with zero attached hydrogens (tertiary/aromatic N) is 3. The highest BCUT2D eigenvalue weighted by molar-refractivity contribution is 7.91. The minimum Gasteiger partial charge on any atom is -0.340 e. The molecule has 0 radical (unpaired) electrons. The van der Waals surface area contributed by atoms with Crippen LogP contribution in [0, 0.1) is 13.8 Å². The SMILES string of the molecule is Cc1nn(C2CCS(=O)(=O)C2)c(C)c1CN(C)C(=O)C(c1ccccc1)c1ccccc1. The normalized spacial score (nSPS) is 17.6. The van der Waals surface area contributed by atoms with Crippen LogP contribution in [0.4, 0.5) is 0 Å². The molecule has 0 spiro atoms. The number of likely N-dealkylation sites (N-methyl/N-ethyl adjacent to an activating group) is 1. The van der Waals surface area contributed by atoms with E-state index >= 15 is 0 Å². The maximum atomic E-state index is 13.6. The number of rotatable bonds is 6. The number of sulfone groups is 1. The summed E-state index contributed by atoms with van der Waals surface area (Å²) >= 11 is 0. The van der Waals surface area contributed by atoms with E-state index in [0.717, 1.165) is 28.1 Å². The van der Waals surface area contributed by atoms with Crippen molar-refractivity contribution in [3.05, 3.63) is 88.7 Å². The van der Waals surface area contributed by atoms with Crippen LogP contribution >= 0.6 is 0 Å². The smallest absolute Gasteiger partial charge is 0.234 e. The number of benzene rings is 2. The van der Waals surface area contributed by atoms with Gasteiger partial charge in [-0.3, -0.25) is 9.48 Å². The lowest BCUT2D eigenvalue weighted by molar-refractivity contribution is -0.131. The maximum absolute atomic E-state index is 13.6. The van der Waals surface area contributed by atoms with Gasteiger partial charge in [0.1, 0.15) is 0 Å². The minimum atomic E-state index is -3.00. The van der Waals surface area contributed by atoms with E-state index in [-0.39, 0.29) is 23.5 Å². The van der Waals surface area contributed by atoms with Gasteiger partial charge >= 0.3 is 0 Å². The van der Waals surface area contributed by atoms with E-state index in [9.17, 15) is 13.2 Å². The highest BCUT2D eigenvalue weighted by Gasteiger charge is 2.32. The summed E-state index contributed by atoms with van der Waals surface area (Å²) in [5, 5.41) is 4.65. The Morgan fingerprint density at radius 3 is 2.12 bits per heavy atom. The Balaban J connectivity index is 1.60. The van der Waals surface area contributed by atoms with Gasteiger partial charge in [0.25, 0.3) is 0 Å². The Morgan fingerprint density at radius 1 is 1.06 bits per heavy atom. The number of hydrogen-bond donors (Lipinski definition) is 0. The van der Waals surface area contributed by atoms with Gasteiger partial charge in [0.15, 0.2) is 9.84 Å². The van der Waals surface area contributed by atoms with Crippen molar-refractivity contribution in [3.63, 3.8) is 0 Å². The minimum absolute atomic E-state index is 0.0115. The summed E-state index contributed by atoms with van der Waals surface area (Å²) in [5.74, 6) is -0.0391. The zero-order valence-electron chi connectivity index (χ0n) is 18.7. The molecule has 1 aliphatic heterocycles. The Labute approximate surface area is 189 Å². The van der Waals surface area contributed by atoms with Crippen molar-refractivity contribution >= 4 is 15.7 Å². The predicted octanol–water partition coefficient (Wildman–Crippen LogP) is 3.65. The Kier molecular flexibility index (Phi) is 6.20. The Hall–Kier alpha value is -2.93. The number of aryl methyl sites for hydroxylation is 1. The average Bonchev–Trinajstić information content (AvgIpc) is 3.28. The second-order valence-corrected chi connectivity index (χ2v) is 10.8. The van der Waals surface area contributed by atoms with Crippen LogP contribution in [0.2, 0.25) is 0 Å². The number of aromatic nitrogens is 2. The molecule has 0 bridgehead atoms. The fourth-order valence-electron chi connectivity index (χ4n) is 4.55. The van der Waals surface area contributed by atoms with Crippen molar-refractivity contribution in [2.24, 2.45) is 0 Å². The zero-order valence-corrected chi connectivity index (χ0v) is 19.5. The summed E-state index contributed by atoms with van der Waals surface area (Å²) in [5.41, 5.74) is 4.65. The lowest BCUT2D eigenvalue weighted by atomic mass is 9.90. The van der Waals surface area contributed by atoms with E-state index in [4.69, 9.17) is 0 Å². The first-order valence-electron chi connectivity index (χ1n) is 10.9. The van der Waals surface area contributed by atoms with Crippen molar-refractivity contribution in [1.82, 2.24) is 14.7 Å². The van der Waals surface area contributed by atoms with Gasteiger partial charge in [0.2, 0.25) is 5.91 Å². The van der Waals surface area contributed by atoms with Gasteiger partial charge < -0.3 is 4.90 Å².